The maximum absolute atomic E-state index is 12.1. The fourth-order valence-electron chi connectivity index (χ4n) is 1.59. The van der Waals surface area contributed by atoms with Crippen LogP contribution in [0, 0.1) is 0 Å². The highest BCUT2D eigenvalue weighted by molar-refractivity contribution is 5.94. The normalized spacial score (nSPS) is 10.6. The van der Waals surface area contributed by atoms with Gasteiger partial charge < -0.3 is 4.90 Å². The van der Waals surface area contributed by atoms with E-state index >= 15 is 0 Å². The van der Waals surface area contributed by atoms with Gasteiger partial charge in [-0.3, -0.25) is 4.79 Å². The van der Waals surface area contributed by atoms with Crippen LogP contribution in [0.25, 0.3) is 0 Å². The molecular formula is C14H21NO. The Labute approximate surface area is 98.3 Å². The molecule has 88 valence electrons. The lowest BCUT2D eigenvalue weighted by Crippen LogP contribution is -2.32. The fourth-order valence-corrected chi connectivity index (χ4v) is 1.59. The Bertz CT molecular complexity index is 358. The van der Waals surface area contributed by atoms with Gasteiger partial charge in [0.1, 0.15) is 0 Å². The molecule has 1 amide bonds. The molecule has 1 aromatic carbocycles. The Morgan fingerprint density at radius 3 is 2.62 bits per heavy atom. The molecule has 2 heteroatoms. The first-order valence-corrected chi connectivity index (χ1v) is 5.92. The molecule has 0 aromatic heterocycles. The van der Waals surface area contributed by atoms with E-state index in [1.165, 1.54) is 5.56 Å². The van der Waals surface area contributed by atoms with Gasteiger partial charge >= 0.3 is 0 Å². The number of rotatable bonds is 4. The van der Waals surface area contributed by atoms with Crippen LogP contribution in [0.4, 0.5) is 0 Å². The molecule has 1 aromatic rings. The Morgan fingerprint density at radius 2 is 2.06 bits per heavy atom. The van der Waals surface area contributed by atoms with Gasteiger partial charge in [-0.25, -0.2) is 0 Å². The number of hydrogen-bond donors (Lipinski definition) is 0. The van der Waals surface area contributed by atoms with Crippen LogP contribution in [0.15, 0.2) is 24.3 Å². The summed E-state index contributed by atoms with van der Waals surface area (Å²) in [4.78, 5) is 13.8. The molecule has 1 rings (SSSR count). The Kier molecular flexibility index (Phi) is 4.53. The first-order valence-electron chi connectivity index (χ1n) is 5.92. The summed E-state index contributed by atoms with van der Waals surface area (Å²) in [5.74, 6) is 0.105. The van der Waals surface area contributed by atoms with Crippen molar-refractivity contribution in [2.45, 2.75) is 39.7 Å². The quantitative estimate of drug-likeness (QED) is 0.762. The van der Waals surface area contributed by atoms with Gasteiger partial charge in [0.15, 0.2) is 0 Å². The van der Waals surface area contributed by atoms with E-state index < -0.39 is 0 Å². The lowest BCUT2D eigenvalue weighted by molar-refractivity contribution is 0.0755. The number of hydrogen-bond acceptors (Lipinski definition) is 1. The third-order valence-electron chi connectivity index (χ3n) is 2.81. The second-order valence-electron chi connectivity index (χ2n) is 4.46. The zero-order chi connectivity index (χ0) is 12.1. The van der Waals surface area contributed by atoms with Gasteiger partial charge in [-0.2, -0.15) is 0 Å². The van der Waals surface area contributed by atoms with Crippen LogP contribution in [-0.4, -0.2) is 23.9 Å². The minimum Gasteiger partial charge on any atom is -0.339 e. The summed E-state index contributed by atoms with van der Waals surface area (Å²) in [6, 6.07) is 8.18. The van der Waals surface area contributed by atoms with Gasteiger partial charge in [-0.1, -0.05) is 25.5 Å². The lowest BCUT2D eigenvalue weighted by Gasteiger charge is -2.21. The second kappa shape index (κ2) is 5.69. The maximum Gasteiger partial charge on any atom is 0.253 e. The monoisotopic (exact) mass is 219 g/mol. The molecule has 16 heavy (non-hydrogen) atoms. The number of nitrogens with zero attached hydrogens (tertiary/aromatic N) is 1. The summed E-state index contributed by atoms with van der Waals surface area (Å²) >= 11 is 0. The standard InChI is InChI=1S/C14H21NO/c1-5-7-12-8-6-9-13(10-12)14(16)15(4)11(2)3/h6,8-11H,5,7H2,1-4H3. The summed E-state index contributed by atoms with van der Waals surface area (Å²) in [5.41, 5.74) is 2.03. The number of carbonyl (C=O) groups excluding carboxylic acids is 1. The molecule has 0 spiro atoms. The van der Waals surface area contributed by atoms with Crippen LogP contribution in [0.5, 0.6) is 0 Å². The molecule has 0 unspecified atom stereocenters. The molecule has 0 saturated carbocycles. The van der Waals surface area contributed by atoms with Crippen LogP contribution in [0.1, 0.15) is 43.1 Å². The van der Waals surface area contributed by atoms with Crippen LogP contribution < -0.4 is 0 Å². The first-order chi connectivity index (χ1) is 7.56. The predicted molar refractivity (Wildman–Crippen MR) is 67.7 cm³/mol. The number of aryl methyl sites for hydroxylation is 1. The fraction of sp³-hybridized carbons (Fsp3) is 0.500. The summed E-state index contributed by atoms with van der Waals surface area (Å²) in [6.07, 6.45) is 2.14. The summed E-state index contributed by atoms with van der Waals surface area (Å²) in [5, 5.41) is 0. The van der Waals surface area contributed by atoms with Gasteiger partial charge in [-0.15, -0.1) is 0 Å². The molecule has 0 aliphatic heterocycles. The van der Waals surface area contributed by atoms with E-state index in [0.717, 1.165) is 18.4 Å². The van der Waals surface area contributed by atoms with Crippen LogP contribution in [-0.2, 0) is 6.42 Å². The third kappa shape index (κ3) is 3.09. The highest BCUT2D eigenvalue weighted by atomic mass is 16.2. The highest BCUT2D eigenvalue weighted by Crippen LogP contribution is 2.11. The van der Waals surface area contributed by atoms with Gasteiger partial charge in [0.05, 0.1) is 0 Å². The molecule has 0 atom stereocenters. The molecule has 0 aliphatic carbocycles. The molecule has 0 bridgehead atoms. The largest absolute Gasteiger partial charge is 0.339 e. The average molecular weight is 219 g/mol. The van der Waals surface area contributed by atoms with Crippen molar-refractivity contribution in [1.29, 1.82) is 0 Å². The molecule has 0 radical (unpaired) electrons. The van der Waals surface area contributed by atoms with Gasteiger partial charge in [0.25, 0.3) is 5.91 Å². The average Bonchev–Trinajstić information content (AvgIpc) is 2.28. The number of carbonyl (C=O) groups is 1. The molecule has 0 fully saturated rings. The molecule has 0 heterocycles. The van der Waals surface area contributed by atoms with Gasteiger partial charge in [0.2, 0.25) is 0 Å². The van der Waals surface area contributed by atoms with Crippen molar-refractivity contribution in [2.75, 3.05) is 7.05 Å². The van der Waals surface area contributed by atoms with Crippen molar-refractivity contribution in [3.63, 3.8) is 0 Å². The summed E-state index contributed by atoms with van der Waals surface area (Å²) < 4.78 is 0. The molecule has 0 aliphatic rings. The van der Waals surface area contributed by atoms with Crippen molar-refractivity contribution in [1.82, 2.24) is 4.90 Å². The third-order valence-corrected chi connectivity index (χ3v) is 2.81. The number of amides is 1. The molecule has 0 N–H and O–H groups in total. The van der Waals surface area contributed by atoms with E-state index in [9.17, 15) is 4.79 Å². The van der Waals surface area contributed by atoms with Crippen molar-refractivity contribution < 1.29 is 4.79 Å². The van der Waals surface area contributed by atoms with E-state index in [0.29, 0.717) is 0 Å². The first kappa shape index (κ1) is 12.8. The second-order valence-corrected chi connectivity index (χ2v) is 4.46. The highest BCUT2D eigenvalue weighted by Gasteiger charge is 2.14. The SMILES string of the molecule is CCCc1cccc(C(=O)N(C)C(C)C)c1. The minimum atomic E-state index is 0.105. The smallest absolute Gasteiger partial charge is 0.253 e. The summed E-state index contributed by atoms with van der Waals surface area (Å²) in [7, 11) is 1.85. The van der Waals surface area contributed by atoms with E-state index in [4.69, 9.17) is 0 Å². The number of benzene rings is 1. The van der Waals surface area contributed by atoms with E-state index in [2.05, 4.69) is 13.0 Å². The van der Waals surface area contributed by atoms with E-state index in [1.807, 2.05) is 39.1 Å². The molecular weight excluding hydrogens is 198 g/mol. The Balaban J connectivity index is 2.87. The maximum atomic E-state index is 12.1. The van der Waals surface area contributed by atoms with Crippen LogP contribution in [0.2, 0.25) is 0 Å². The Hall–Kier alpha value is -1.31. The van der Waals surface area contributed by atoms with Crippen molar-refractivity contribution in [2.24, 2.45) is 0 Å². The van der Waals surface area contributed by atoms with E-state index in [1.54, 1.807) is 4.90 Å². The lowest BCUT2D eigenvalue weighted by atomic mass is 10.1. The minimum absolute atomic E-state index is 0.105. The van der Waals surface area contributed by atoms with Crippen LogP contribution in [0.3, 0.4) is 0 Å². The van der Waals surface area contributed by atoms with Crippen LogP contribution >= 0.6 is 0 Å². The van der Waals surface area contributed by atoms with Gasteiger partial charge in [-0.05, 0) is 38.0 Å². The zero-order valence-corrected chi connectivity index (χ0v) is 10.7. The predicted octanol–water partition coefficient (Wildman–Crippen LogP) is 3.12. The van der Waals surface area contributed by atoms with Crippen molar-refractivity contribution in [3.8, 4) is 0 Å². The zero-order valence-electron chi connectivity index (χ0n) is 10.7. The van der Waals surface area contributed by atoms with Gasteiger partial charge in [0, 0.05) is 18.7 Å². The van der Waals surface area contributed by atoms with Crippen molar-refractivity contribution in [3.05, 3.63) is 35.4 Å². The Morgan fingerprint density at radius 1 is 1.38 bits per heavy atom. The molecule has 0 saturated heterocycles. The molecule has 2 nitrogen and oxygen atoms in total. The topological polar surface area (TPSA) is 20.3 Å². The van der Waals surface area contributed by atoms with Crippen molar-refractivity contribution >= 4 is 5.91 Å². The summed E-state index contributed by atoms with van der Waals surface area (Å²) in [6.45, 7) is 6.19. The van der Waals surface area contributed by atoms with E-state index in [-0.39, 0.29) is 11.9 Å².